The molecule has 96 valence electrons. The molecule has 1 aromatic rings. The van der Waals surface area contributed by atoms with Crippen LogP contribution in [0.3, 0.4) is 0 Å². The maximum atomic E-state index is 11.8. The number of rotatable bonds is 4. The molecule has 0 aliphatic carbocycles. The Morgan fingerprint density at radius 2 is 1.83 bits per heavy atom. The molecule has 1 rings (SSSR count). The average Bonchev–Trinajstić information content (AvgIpc) is 2.27. The fraction of sp³-hybridized carbons (Fsp3) is 0.167. The molecule has 0 heterocycles. The smallest absolute Gasteiger partial charge is 0.354 e. The lowest BCUT2D eigenvalue weighted by Crippen LogP contribution is -2.27. The van der Waals surface area contributed by atoms with E-state index in [0.717, 1.165) is 0 Å². The van der Waals surface area contributed by atoms with Gasteiger partial charge >= 0.3 is 5.97 Å². The lowest BCUT2D eigenvalue weighted by Gasteiger charge is -2.08. The van der Waals surface area contributed by atoms with Crippen LogP contribution in [0.1, 0.15) is 17.3 Å². The van der Waals surface area contributed by atoms with Gasteiger partial charge in [0.2, 0.25) is 0 Å². The quantitative estimate of drug-likeness (QED) is 0.684. The van der Waals surface area contributed by atoms with Crippen LogP contribution in [-0.4, -0.2) is 18.5 Å². The fourth-order valence-corrected chi connectivity index (χ4v) is 1.69. The minimum Gasteiger partial charge on any atom is -0.461 e. The van der Waals surface area contributed by atoms with Crippen molar-refractivity contribution < 1.29 is 14.3 Å². The SMILES string of the molecule is C=C(NC(=O)c1cc(Cl)cc(Cl)c1)C(=O)OCC. The predicted molar refractivity (Wildman–Crippen MR) is 69.7 cm³/mol. The summed E-state index contributed by atoms with van der Waals surface area (Å²) in [6.07, 6.45) is 0. The number of halogens is 2. The summed E-state index contributed by atoms with van der Waals surface area (Å²) >= 11 is 11.5. The first-order chi connectivity index (χ1) is 8.43. The maximum absolute atomic E-state index is 11.8. The molecule has 0 aromatic heterocycles. The number of nitrogens with one attached hydrogen (secondary N) is 1. The predicted octanol–water partition coefficient (Wildman–Crippen LogP) is 2.80. The first-order valence-electron chi connectivity index (χ1n) is 5.07. The highest BCUT2D eigenvalue weighted by Crippen LogP contribution is 2.19. The Kier molecular flexibility index (Phi) is 5.19. The molecule has 0 aliphatic rings. The van der Waals surface area contributed by atoms with Gasteiger partial charge in [0.15, 0.2) is 0 Å². The van der Waals surface area contributed by atoms with Gasteiger partial charge in [0.05, 0.1) is 6.61 Å². The second kappa shape index (κ2) is 6.42. The van der Waals surface area contributed by atoms with Crippen LogP contribution in [0.4, 0.5) is 0 Å². The highest BCUT2D eigenvalue weighted by molar-refractivity contribution is 6.35. The Morgan fingerprint density at radius 3 is 2.33 bits per heavy atom. The van der Waals surface area contributed by atoms with Crippen LogP contribution in [0.15, 0.2) is 30.5 Å². The molecular formula is C12H11Cl2NO3. The molecule has 4 nitrogen and oxygen atoms in total. The van der Waals surface area contributed by atoms with Crippen LogP contribution in [0.2, 0.25) is 10.0 Å². The van der Waals surface area contributed by atoms with Crippen LogP contribution < -0.4 is 5.32 Å². The van der Waals surface area contributed by atoms with Crippen molar-refractivity contribution in [1.29, 1.82) is 0 Å². The number of benzene rings is 1. The molecule has 0 saturated heterocycles. The molecule has 6 heteroatoms. The van der Waals surface area contributed by atoms with Crippen LogP contribution >= 0.6 is 23.2 Å². The van der Waals surface area contributed by atoms with Crippen molar-refractivity contribution in [3.05, 3.63) is 46.1 Å². The molecular weight excluding hydrogens is 277 g/mol. The van der Waals surface area contributed by atoms with E-state index >= 15 is 0 Å². The molecule has 0 bridgehead atoms. The largest absolute Gasteiger partial charge is 0.461 e. The lowest BCUT2D eigenvalue weighted by atomic mass is 10.2. The number of carbonyl (C=O) groups is 2. The van der Waals surface area contributed by atoms with Crippen LogP contribution in [-0.2, 0) is 9.53 Å². The molecule has 0 unspecified atom stereocenters. The van der Waals surface area contributed by atoms with Gasteiger partial charge in [-0.3, -0.25) is 4.79 Å². The van der Waals surface area contributed by atoms with Gasteiger partial charge < -0.3 is 10.1 Å². The zero-order chi connectivity index (χ0) is 13.7. The van der Waals surface area contributed by atoms with Gasteiger partial charge in [-0.2, -0.15) is 0 Å². The molecule has 1 aromatic carbocycles. The average molecular weight is 288 g/mol. The van der Waals surface area contributed by atoms with Gasteiger partial charge in [-0.15, -0.1) is 0 Å². The summed E-state index contributed by atoms with van der Waals surface area (Å²) in [6, 6.07) is 4.36. The summed E-state index contributed by atoms with van der Waals surface area (Å²) in [7, 11) is 0. The third kappa shape index (κ3) is 4.05. The lowest BCUT2D eigenvalue weighted by molar-refractivity contribution is -0.138. The van der Waals surface area contributed by atoms with Gasteiger partial charge in [0.25, 0.3) is 5.91 Å². The Balaban J connectivity index is 2.76. The first kappa shape index (κ1) is 14.5. The Labute approximate surface area is 115 Å². The van der Waals surface area contributed by atoms with Crippen molar-refractivity contribution in [3.63, 3.8) is 0 Å². The Morgan fingerprint density at radius 1 is 1.28 bits per heavy atom. The number of hydrogen-bond donors (Lipinski definition) is 1. The van der Waals surface area contributed by atoms with Crippen molar-refractivity contribution in [2.24, 2.45) is 0 Å². The molecule has 0 atom stereocenters. The van der Waals surface area contributed by atoms with Crippen LogP contribution in [0, 0.1) is 0 Å². The minimum atomic E-state index is -0.682. The van der Waals surface area contributed by atoms with Crippen molar-refractivity contribution in [3.8, 4) is 0 Å². The summed E-state index contributed by atoms with van der Waals surface area (Å²) in [5.41, 5.74) is 0.0934. The van der Waals surface area contributed by atoms with Gasteiger partial charge in [0, 0.05) is 15.6 Å². The van der Waals surface area contributed by atoms with E-state index in [4.69, 9.17) is 23.2 Å². The van der Waals surface area contributed by atoms with Gasteiger partial charge in [-0.05, 0) is 25.1 Å². The summed E-state index contributed by atoms with van der Waals surface area (Å²) in [6.45, 7) is 5.27. The van der Waals surface area contributed by atoms with Crippen molar-refractivity contribution in [1.82, 2.24) is 5.32 Å². The molecule has 0 saturated carbocycles. The van der Waals surface area contributed by atoms with Crippen LogP contribution in [0.25, 0.3) is 0 Å². The number of hydrogen-bond acceptors (Lipinski definition) is 3. The minimum absolute atomic E-state index is 0.141. The summed E-state index contributed by atoms with van der Waals surface area (Å²) in [4.78, 5) is 23.0. The molecule has 0 aliphatic heterocycles. The highest BCUT2D eigenvalue weighted by atomic mass is 35.5. The van der Waals surface area contributed by atoms with E-state index in [1.165, 1.54) is 18.2 Å². The zero-order valence-electron chi connectivity index (χ0n) is 9.63. The molecule has 1 amide bonds. The van der Waals surface area contributed by atoms with E-state index < -0.39 is 11.9 Å². The highest BCUT2D eigenvalue weighted by Gasteiger charge is 2.13. The molecule has 0 radical (unpaired) electrons. The normalized spacial score (nSPS) is 9.72. The van der Waals surface area contributed by atoms with Crippen molar-refractivity contribution >= 4 is 35.1 Å². The first-order valence-corrected chi connectivity index (χ1v) is 5.83. The standard InChI is InChI=1S/C12H11Cl2NO3/c1-3-18-12(17)7(2)15-11(16)8-4-9(13)6-10(14)5-8/h4-6H,2-3H2,1H3,(H,15,16). The van der Waals surface area contributed by atoms with Gasteiger partial charge in [0.1, 0.15) is 5.70 Å². The van der Waals surface area contributed by atoms with Gasteiger partial charge in [-0.25, -0.2) is 4.79 Å². The maximum Gasteiger partial charge on any atom is 0.354 e. The molecule has 0 fully saturated rings. The third-order valence-electron chi connectivity index (χ3n) is 1.91. The molecule has 0 spiro atoms. The van der Waals surface area contributed by atoms with E-state index in [1.54, 1.807) is 6.92 Å². The fourth-order valence-electron chi connectivity index (χ4n) is 1.16. The van der Waals surface area contributed by atoms with Crippen molar-refractivity contribution in [2.45, 2.75) is 6.92 Å². The topological polar surface area (TPSA) is 55.4 Å². The number of esters is 1. The summed E-state index contributed by atoms with van der Waals surface area (Å²) in [5.74, 6) is -1.21. The number of ether oxygens (including phenoxy) is 1. The van der Waals surface area contributed by atoms with E-state index in [0.29, 0.717) is 10.0 Å². The number of amides is 1. The van der Waals surface area contributed by atoms with Crippen LogP contribution in [0.5, 0.6) is 0 Å². The third-order valence-corrected chi connectivity index (χ3v) is 2.35. The van der Waals surface area contributed by atoms with E-state index in [9.17, 15) is 9.59 Å². The number of carbonyl (C=O) groups excluding carboxylic acids is 2. The van der Waals surface area contributed by atoms with Gasteiger partial charge in [-0.1, -0.05) is 29.8 Å². The van der Waals surface area contributed by atoms with E-state index in [2.05, 4.69) is 16.6 Å². The second-order valence-corrected chi connectivity index (χ2v) is 4.18. The molecule has 1 N–H and O–H groups in total. The monoisotopic (exact) mass is 287 g/mol. The van der Waals surface area contributed by atoms with Crippen molar-refractivity contribution in [2.75, 3.05) is 6.61 Å². The second-order valence-electron chi connectivity index (χ2n) is 3.31. The Bertz CT molecular complexity index is 480. The summed E-state index contributed by atoms with van der Waals surface area (Å²) < 4.78 is 4.68. The molecule has 18 heavy (non-hydrogen) atoms. The zero-order valence-corrected chi connectivity index (χ0v) is 11.1. The summed E-state index contributed by atoms with van der Waals surface area (Å²) in [5, 5.41) is 2.97. The van der Waals surface area contributed by atoms with E-state index in [1.807, 2.05) is 0 Å². The Hall–Kier alpha value is -1.52. The van der Waals surface area contributed by atoms with E-state index in [-0.39, 0.29) is 17.9 Å².